The minimum Gasteiger partial charge on any atom is -0.311 e. The first kappa shape index (κ1) is 13.1. The number of hydrogen-bond acceptors (Lipinski definition) is 3. The Kier molecular flexibility index (Phi) is 4.23. The predicted molar refractivity (Wildman–Crippen MR) is 79.5 cm³/mol. The Balaban J connectivity index is 1.51. The molecule has 0 bridgehead atoms. The van der Waals surface area contributed by atoms with Crippen molar-refractivity contribution in [2.24, 2.45) is 5.92 Å². The van der Waals surface area contributed by atoms with Crippen LogP contribution in [-0.2, 0) is 6.54 Å². The standard InChI is InChI=1S/C16H20N4/c1-3-7-14(8-4-1)11-17-12-15-13-18-20(19-15)16-9-5-2-6-10-16/h1-3,5-6,9-10,13-14,17H,4,7-8,11-12H2. The van der Waals surface area contributed by atoms with Crippen LogP contribution in [0.4, 0.5) is 0 Å². The largest absolute Gasteiger partial charge is 0.311 e. The second-order valence-electron chi connectivity index (χ2n) is 5.24. The van der Waals surface area contributed by atoms with Crippen molar-refractivity contribution in [3.8, 4) is 5.69 Å². The molecule has 1 atom stereocenters. The zero-order chi connectivity index (χ0) is 13.6. The summed E-state index contributed by atoms with van der Waals surface area (Å²) in [5.41, 5.74) is 1.98. The lowest BCUT2D eigenvalue weighted by Gasteiger charge is -2.17. The van der Waals surface area contributed by atoms with E-state index < -0.39 is 0 Å². The van der Waals surface area contributed by atoms with Crippen molar-refractivity contribution in [1.82, 2.24) is 20.3 Å². The van der Waals surface area contributed by atoms with E-state index >= 15 is 0 Å². The normalized spacial score (nSPS) is 18.3. The SMILES string of the molecule is C1=CCC(CNCc2cnn(-c3ccccc3)n2)CC1. The van der Waals surface area contributed by atoms with E-state index in [-0.39, 0.29) is 0 Å². The third-order valence-electron chi connectivity index (χ3n) is 3.64. The molecule has 20 heavy (non-hydrogen) atoms. The molecule has 3 rings (SSSR count). The molecule has 1 heterocycles. The maximum absolute atomic E-state index is 4.49. The third-order valence-corrected chi connectivity index (χ3v) is 3.64. The van der Waals surface area contributed by atoms with E-state index in [1.54, 1.807) is 4.80 Å². The van der Waals surface area contributed by atoms with Gasteiger partial charge in [-0.05, 0) is 43.9 Å². The summed E-state index contributed by atoms with van der Waals surface area (Å²) in [4.78, 5) is 1.68. The van der Waals surface area contributed by atoms with E-state index in [9.17, 15) is 0 Å². The molecule has 0 spiro atoms. The van der Waals surface area contributed by atoms with Crippen LogP contribution in [0.5, 0.6) is 0 Å². The second-order valence-corrected chi connectivity index (χ2v) is 5.24. The van der Waals surface area contributed by atoms with Gasteiger partial charge in [-0.15, -0.1) is 0 Å². The molecule has 1 unspecified atom stereocenters. The molecule has 0 aliphatic heterocycles. The smallest absolute Gasteiger partial charge is 0.0969 e. The van der Waals surface area contributed by atoms with Gasteiger partial charge in [0.1, 0.15) is 0 Å². The molecule has 0 saturated carbocycles. The average Bonchev–Trinajstić information content (AvgIpc) is 2.98. The summed E-state index contributed by atoms with van der Waals surface area (Å²) in [6.45, 7) is 1.84. The first-order valence-corrected chi connectivity index (χ1v) is 7.24. The van der Waals surface area contributed by atoms with Gasteiger partial charge in [-0.2, -0.15) is 15.0 Å². The van der Waals surface area contributed by atoms with Gasteiger partial charge >= 0.3 is 0 Å². The Hall–Kier alpha value is -1.94. The zero-order valence-electron chi connectivity index (χ0n) is 11.6. The number of hydrogen-bond donors (Lipinski definition) is 1. The maximum Gasteiger partial charge on any atom is 0.0969 e. The van der Waals surface area contributed by atoms with Gasteiger partial charge < -0.3 is 5.32 Å². The monoisotopic (exact) mass is 268 g/mol. The fourth-order valence-electron chi connectivity index (χ4n) is 2.51. The molecule has 1 N–H and O–H groups in total. The van der Waals surface area contributed by atoms with Gasteiger partial charge in [0.25, 0.3) is 0 Å². The lowest BCUT2D eigenvalue weighted by Crippen LogP contribution is -2.23. The minimum absolute atomic E-state index is 0.768. The van der Waals surface area contributed by atoms with Crippen molar-refractivity contribution in [2.75, 3.05) is 6.54 Å². The molecule has 0 fully saturated rings. The molecule has 0 saturated heterocycles. The van der Waals surface area contributed by atoms with E-state index in [2.05, 4.69) is 27.7 Å². The molecule has 1 aromatic carbocycles. The van der Waals surface area contributed by atoms with Gasteiger partial charge in [0.2, 0.25) is 0 Å². The summed E-state index contributed by atoms with van der Waals surface area (Å²) in [6, 6.07) is 9.99. The zero-order valence-corrected chi connectivity index (χ0v) is 11.6. The summed E-state index contributed by atoms with van der Waals surface area (Å²) in [5.74, 6) is 0.768. The molecular weight excluding hydrogens is 248 g/mol. The predicted octanol–water partition coefficient (Wildman–Crippen LogP) is 2.71. The van der Waals surface area contributed by atoms with Crippen LogP contribution in [0.3, 0.4) is 0 Å². The number of rotatable bonds is 5. The van der Waals surface area contributed by atoms with Gasteiger partial charge in [0.05, 0.1) is 17.6 Å². The summed E-state index contributed by atoms with van der Waals surface area (Å²) < 4.78 is 0. The summed E-state index contributed by atoms with van der Waals surface area (Å²) >= 11 is 0. The van der Waals surface area contributed by atoms with Crippen LogP contribution in [0.15, 0.2) is 48.7 Å². The number of aromatic nitrogens is 3. The molecule has 1 aliphatic carbocycles. The summed E-state index contributed by atoms with van der Waals surface area (Å²) in [6.07, 6.45) is 10.1. The number of para-hydroxylation sites is 1. The molecule has 0 radical (unpaired) electrons. The van der Waals surface area contributed by atoms with Gasteiger partial charge in [-0.3, -0.25) is 0 Å². The first-order chi connectivity index (χ1) is 9.92. The fraction of sp³-hybridized carbons (Fsp3) is 0.375. The van der Waals surface area contributed by atoms with Gasteiger partial charge in [0, 0.05) is 6.54 Å². The van der Waals surface area contributed by atoms with Gasteiger partial charge in [0.15, 0.2) is 0 Å². The van der Waals surface area contributed by atoms with Crippen LogP contribution in [0.25, 0.3) is 5.69 Å². The summed E-state index contributed by atoms with van der Waals surface area (Å²) in [5, 5.41) is 12.3. The van der Waals surface area contributed by atoms with Crippen molar-refractivity contribution in [3.05, 3.63) is 54.4 Å². The number of allylic oxidation sites excluding steroid dienone is 2. The molecule has 104 valence electrons. The highest BCUT2D eigenvalue weighted by Crippen LogP contribution is 2.16. The Bertz CT molecular complexity index is 559. The Morgan fingerprint density at radius 1 is 1.20 bits per heavy atom. The van der Waals surface area contributed by atoms with Crippen LogP contribution in [-0.4, -0.2) is 21.5 Å². The van der Waals surface area contributed by atoms with Crippen molar-refractivity contribution >= 4 is 0 Å². The molecule has 1 aromatic heterocycles. The van der Waals surface area contributed by atoms with Crippen LogP contribution in [0, 0.1) is 5.92 Å². The van der Waals surface area contributed by atoms with Crippen LogP contribution >= 0.6 is 0 Å². The highest BCUT2D eigenvalue weighted by atomic mass is 15.5. The third kappa shape index (κ3) is 3.33. The summed E-state index contributed by atoms with van der Waals surface area (Å²) in [7, 11) is 0. The average molecular weight is 268 g/mol. The molecular formula is C16H20N4. The van der Waals surface area contributed by atoms with E-state index in [1.807, 2.05) is 36.5 Å². The van der Waals surface area contributed by atoms with Gasteiger partial charge in [-0.25, -0.2) is 0 Å². The quantitative estimate of drug-likeness (QED) is 0.848. The maximum atomic E-state index is 4.49. The number of nitrogens with zero attached hydrogens (tertiary/aromatic N) is 3. The van der Waals surface area contributed by atoms with E-state index in [4.69, 9.17) is 0 Å². The molecule has 1 aliphatic rings. The van der Waals surface area contributed by atoms with Crippen molar-refractivity contribution in [1.29, 1.82) is 0 Å². The first-order valence-electron chi connectivity index (χ1n) is 7.24. The Morgan fingerprint density at radius 2 is 2.10 bits per heavy atom. The lowest BCUT2D eigenvalue weighted by molar-refractivity contribution is 0.438. The van der Waals surface area contributed by atoms with Crippen molar-refractivity contribution in [2.45, 2.75) is 25.8 Å². The minimum atomic E-state index is 0.768. The second kappa shape index (κ2) is 6.48. The Morgan fingerprint density at radius 3 is 2.90 bits per heavy atom. The molecule has 4 nitrogen and oxygen atoms in total. The molecule has 4 heteroatoms. The van der Waals surface area contributed by atoms with Crippen LogP contribution in [0.1, 0.15) is 25.0 Å². The Labute approximate surface area is 119 Å². The van der Waals surface area contributed by atoms with Crippen LogP contribution < -0.4 is 5.32 Å². The highest BCUT2D eigenvalue weighted by Gasteiger charge is 2.09. The van der Waals surface area contributed by atoms with E-state index in [0.29, 0.717) is 0 Å². The van der Waals surface area contributed by atoms with Crippen molar-refractivity contribution in [3.63, 3.8) is 0 Å². The van der Waals surface area contributed by atoms with E-state index in [1.165, 1.54) is 19.3 Å². The fourth-order valence-corrected chi connectivity index (χ4v) is 2.51. The van der Waals surface area contributed by atoms with E-state index in [0.717, 1.165) is 30.4 Å². The van der Waals surface area contributed by atoms with Gasteiger partial charge in [-0.1, -0.05) is 30.4 Å². The molecule has 0 amide bonds. The van der Waals surface area contributed by atoms with Crippen molar-refractivity contribution < 1.29 is 0 Å². The van der Waals surface area contributed by atoms with Crippen LogP contribution in [0.2, 0.25) is 0 Å². The highest BCUT2D eigenvalue weighted by molar-refractivity contribution is 5.28. The lowest BCUT2D eigenvalue weighted by atomic mass is 9.94. The topological polar surface area (TPSA) is 42.7 Å². The molecule has 2 aromatic rings. The number of nitrogens with one attached hydrogen (secondary N) is 1. The number of benzene rings is 1.